The van der Waals surface area contributed by atoms with Gasteiger partial charge in [0.15, 0.2) is 0 Å². The third kappa shape index (κ3) is 6.05. The molecule has 0 bridgehead atoms. The molecule has 0 atom stereocenters. The Balaban J connectivity index is 0.00000432. The number of benzene rings is 4. The van der Waals surface area contributed by atoms with Crippen LogP contribution in [0.25, 0.3) is 44.4 Å². The zero-order chi connectivity index (χ0) is 34.5. The van der Waals surface area contributed by atoms with Crippen LogP contribution in [0.3, 0.4) is 0 Å². The van der Waals surface area contributed by atoms with E-state index in [-0.39, 0.29) is 32.0 Å². The predicted molar refractivity (Wildman–Crippen MR) is 188 cm³/mol. The maximum absolute atomic E-state index is 8.03. The van der Waals surface area contributed by atoms with Crippen LogP contribution in [0.4, 0.5) is 0 Å². The molecule has 0 aliphatic rings. The number of ether oxygens (including phenoxy) is 1. The van der Waals surface area contributed by atoms with Crippen molar-refractivity contribution in [2.24, 2.45) is 0 Å². The minimum Gasteiger partial charge on any atom is -0.509 e. The van der Waals surface area contributed by atoms with Crippen molar-refractivity contribution in [3.63, 3.8) is 0 Å². The number of aromatic nitrogens is 4. The Morgan fingerprint density at radius 3 is 2.38 bits per heavy atom. The Bertz CT molecular complexity index is 2320. The fourth-order valence-corrected chi connectivity index (χ4v) is 6.18. The van der Waals surface area contributed by atoms with Crippen molar-refractivity contribution >= 4 is 21.8 Å². The minimum atomic E-state index is -2.23. The summed E-state index contributed by atoms with van der Waals surface area (Å²) in [6, 6.07) is 36.4. The van der Waals surface area contributed by atoms with Gasteiger partial charge >= 0.3 is 21.1 Å². The Labute approximate surface area is 295 Å². The topological polar surface area (TPSA) is 44.9 Å². The molecular formula is C41H38N4OPt. The summed E-state index contributed by atoms with van der Waals surface area (Å²) in [6.45, 7) is 8.55. The molecule has 7 aromatic rings. The standard InChI is InChI=1S/C41H38N4O.Pt/c1-7-35-40(28-13-10-9-11-14-28)36(8-2)45(43-35)30-15-12-16-31(25-30)46-32-18-19-33-34-23-27(3)17-20-37(34)44(38(33)26-32)39-24-29(21-22-42-39)41(4,5)6;/h9-24H,7-8H2,1-6H3;/q-2;+2/i3D3;. The van der Waals surface area contributed by atoms with E-state index in [1.165, 1.54) is 5.56 Å². The summed E-state index contributed by atoms with van der Waals surface area (Å²) < 4.78 is 34.5. The number of aryl methyl sites for hydroxylation is 2. The van der Waals surface area contributed by atoms with Gasteiger partial charge in [-0.05, 0) is 65.5 Å². The van der Waals surface area contributed by atoms with Crippen molar-refractivity contribution in [1.82, 2.24) is 19.3 Å². The summed E-state index contributed by atoms with van der Waals surface area (Å²) >= 11 is 0. The number of nitrogens with zero attached hydrogens (tertiary/aromatic N) is 4. The SMILES string of the molecule is [2H]C([2H])([2H])c1ccc2c(c1)c1ccc(Oc3[c-]c(-n4nc(CC)c(-c5ccccc5)c4CC)ccc3)[c-]c1n2-c1cc(C(C)(C)C)ccn1.[Pt+2]. The third-order valence-electron chi connectivity index (χ3n) is 8.48. The first-order valence-corrected chi connectivity index (χ1v) is 15.8. The van der Waals surface area contributed by atoms with Crippen molar-refractivity contribution in [2.45, 2.75) is 59.7 Å². The number of pyridine rings is 1. The van der Waals surface area contributed by atoms with Gasteiger partial charge in [0.25, 0.3) is 0 Å². The molecule has 6 heteroatoms. The molecule has 0 fully saturated rings. The van der Waals surface area contributed by atoms with Gasteiger partial charge in [-0.15, -0.1) is 35.7 Å². The van der Waals surface area contributed by atoms with Crippen LogP contribution in [-0.4, -0.2) is 19.3 Å². The first-order valence-electron chi connectivity index (χ1n) is 17.3. The second kappa shape index (κ2) is 13.0. The zero-order valence-electron chi connectivity index (χ0n) is 30.2. The molecule has 3 aromatic heterocycles. The van der Waals surface area contributed by atoms with Gasteiger partial charge in [0, 0.05) is 38.6 Å². The van der Waals surface area contributed by atoms with Gasteiger partial charge in [-0.3, -0.25) is 4.68 Å². The van der Waals surface area contributed by atoms with Gasteiger partial charge in [-0.25, -0.2) is 4.98 Å². The second-order valence-corrected chi connectivity index (χ2v) is 12.6. The van der Waals surface area contributed by atoms with Crippen LogP contribution in [0.15, 0.2) is 97.2 Å². The Hall–Kier alpha value is -4.47. The average molecular weight is 801 g/mol. The van der Waals surface area contributed by atoms with Crippen molar-refractivity contribution < 1.29 is 29.9 Å². The van der Waals surface area contributed by atoms with E-state index in [4.69, 9.17) is 18.9 Å². The average Bonchev–Trinajstić information content (AvgIpc) is 3.63. The van der Waals surface area contributed by atoms with Gasteiger partial charge in [-0.2, -0.15) is 17.2 Å². The second-order valence-electron chi connectivity index (χ2n) is 12.6. The minimum absolute atomic E-state index is 0. The van der Waals surface area contributed by atoms with Crippen molar-refractivity contribution in [3.8, 4) is 34.1 Å². The summed E-state index contributed by atoms with van der Waals surface area (Å²) in [6.07, 6.45) is 3.43. The van der Waals surface area contributed by atoms with E-state index in [1.807, 2.05) is 64.0 Å². The molecule has 0 amide bonds. The predicted octanol–water partition coefficient (Wildman–Crippen LogP) is 10.2. The Morgan fingerprint density at radius 2 is 1.64 bits per heavy atom. The van der Waals surface area contributed by atoms with E-state index in [0.29, 0.717) is 11.5 Å². The number of rotatable bonds is 7. The Kier molecular flexibility index (Phi) is 7.93. The molecule has 0 spiro atoms. The molecule has 0 unspecified atom stereocenters. The first kappa shape index (κ1) is 28.7. The van der Waals surface area contributed by atoms with Gasteiger partial charge in [-0.1, -0.05) is 88.2 Å². The molecule has 3 heterocycles. The fourth-order valence-electron chi connectivity index (χ4n) is 6.18. The monoisotopic (exact) mass is 800 g/mol. The van der Waals surface area contributed by atoms with Crippen LogP contribution < -0.4 is 4.74 Å². The molecule has 0 aliphatic heterocycles. The van der Waals surface area contributed by atoms with Crippen LogP contribution in [0.1, 0.15) is 61.2 Å². The number of fused-ring (bicyclic) bond motifs is 3. The van der Waals surface area contributed by atoms with Crippen molar-refractivity contribution in [1.29, 1.82) is 0 Å². The molecule has 0 aliphatic carbocycles. The largest absolute Gasteiger partial charge is 2.00 e. The molecule has 7 rings (SSSR count). The maximum atomic E-state index is 8.03. The van der Waals surface area contributed by atoms with Gasteiger partial charge in [0.2, 0.25) is 0 Å². The van der Waals surface area contributed by atoms with Crippen LogP contribution in [-0.2, 0) is 39.3 Å². The molecule has 238 valence electrons. The van der Waals surface area contributed by atoms with Crippen molar-refractivity contribution in [2.75, 3.05) is 0 Å². The van der Waals surface area contributed by atoms with Gasteiger partial charge in [0.05, 0.1) is 5.69 Å². The smallest absolute Gasteiger partial charge is 0.509 e. The molecule has 0 N–H and O–H groups in total. The number of hydrogen-bond acceptors (Lipinski definition) is 3. The molecule has 4 aromatic carbocycles. The normalized spacial score (nSPS) is 12.8. The molecule has 0 saturated heterocycles. The van der Waals surface area contributed by atoms with E-state index in [9.17, 15) is 0 Å². The quantitative estimate of drug-likeness (QED) is 0.151. The zero-order valence-corrected chi connectivity index (χ0v) is 29.4. The van der Waals surface area contributed by atoms with E-state index in [2.05, 4.69) is 77.1 Å². The van der Waals surface area contributed by atoms with E-state index in [1.54, 1.807) is 12.1 Å². The third-order valence-corrected chi connectivity index (χ3v) is 8.48. The van der Waals surface area contributed by atoms with Crippen LogP contribution in [0, 0.1) is 19.0 Å². The first-order chi connectivity index (χ1) is 23.5. The number of hydrogen-bond donors (Lipinski definition) is 0. The van der Waals surface area contributed by atoms with Crippen LogP contribution in [0.5, 0.6) is 11.5 Å². The molecule has 0 radical (unpaired) electrons. The van der Waals surface area contributed by atoms with E-state index >= 15 is 0 Å². The Morgan fingerprint density at radius 1 is 0.830 bits per heavy atom. The van der Waals surface area contributed by atoms with Crippen LogP contribution >= 0.6 is 0 Å². The molecular weight excluding hydrogens is 760 g/mol. The van der Waals surface area contributed by atoms with Gasteiger partial charge < -0.3 is 9.30 Å². The summed E-state index contributed by atoms with van der Waals surface area (Å²) in [5, 5.41) is 6.70. The maximum Gasteiger partial charge on any atom is 2.00 e. The van der Waals surface area contributed by atoms with Gasteiger partial charge in [0.1, 0.15) is 5.82 Å². The van der Waals surface area contributed by atoms with Crippen molar-refractivity contribution in [3.05, 3.63) is 132 Å². The van der Waals surface area contributed by atoms with E-state index in [0.717, 1.165) is 68.7 Å². The molecule has 0 saturated carbocycles. The summed E-state index contributed by atoms with van der Waals surface area (Å²) in [5.41, 5.74) is 8.20. The van der Waals surface area contributed by atoms with E-state index < -0.39 is 6.85 Å². The van der Waals surface area contributed by atoms with Crippen LogP contribution in [0.2, 0.25) is 0 Å². The molecule has 47 heavy (non-hydrogen) atoms. The summed E-state index contributed by atoms with van der Waals surface area (Å²) in [5.74, 6) is 1.76. The molecule has 5 nitrogen and oxygen atoms in total. The summed E-state index contributed by atoms with van der Waals surface area (Å²) in [4.78, 5) is 4.76. The summed E-state index contributed by atoms with van der Waals surface area (Å²) in [7, 11) is 0. The fraction of sp³-hybridized carbons (Fsp3) is 0.220.